The number of rotatable bonds is 7. The van der Waals surface area contributed by atoms with Crippen LogP contribution >= 0.6 is 0 Å². The molecule has 10 nitrogen and oxygen atoms in total. The van der Waals surface area contributed by atoms with E-state index in [1.807, 2.05) is 6.20 Å². The molecule has 2 fully saturated rings. The third-order valence-electron chi connectivity index (χ3n) is 8.98. The maximum absolute atomic E-state index is 14.0. The third kappa shape index (κ3) is 5.90. The number of aromatic amines is 1. The molecule has 230 valence electrons. The van der Waals surface area contributed by atoms with Crippen molar-refractivity contribution in [2.24, 2.45) is 0 Å². The SMILES string of the molecule is Cc1cc2[nH]ccc2c(N2CCc3c(nc(OCC4CC(F)(F)CN4C)nc3N3CCN(C(=O)/C=C/CO)CC3)C2)c1C. The van der Waals surface area contributed by atoms with E-state index in [1.165, 1.54) is 34.4 Å². The van der Waals surface area contributed by atoms with E-state index in [0.29, 0.717) is 32.7 Å². The van der Waals surface area contributed by atoms with Gasteiger partial charge in [-0.2, -0.15) is 9.97 Å². The first-order valence-electron chi connectivity index (χ1n) is 14.9. The van der Waals surface area contributed by atoms with Gasteiger partial charge in [0, 0.05) is 79.6 Å². The summed E-state index contributed by atoms with van der Waals surface area (Å²) in [7, 11) is 1.69. The highest BCUT2D eigenvalue weighted by Crippen LogP contribution is 2.38. The third-order valence-corrected chi connectivity index (χ3v) is 8.98. The number of aliphatic hydroxyl groups is 1. The van der Waals surface area contributed by atoms with E-state index < -0.39 is 12.0 Å². The van der Waals surface area contributed by atoms with Crippen LogP contribution in [0.5, 0.6) is 6.01 Å². The number of ether oxygens (including phenoxy) is 1. The van der Waals surface area contributed by atoms with E-state index in [4.69, 9.17) is 19.8 Å². The molecule has 0 aliphatic carbocycles. The Morgan fingerprint density at radius 3 is 2.70 bits per heavy atom. The molecule has 1 atom stereocenters. The Labute approximate surface area is 249 Å². The number of aromatic nitrogens is 3. The van der Waals surface area contributed by atoms with Gasteiger partial charge in [-0.15, -0.1) is 0 Å². The van der Waals surface area contributed by atoms with Gasteiger partial charge in [0.2, 0.25) is 5.91 Å². The summed E-state index contributed by atoms with van der Waals surface area (Å²) < 4.78 is 34.1. The van der Waals surface area contributed by atoms with Crippen molar-refractivity contribution in [3.63, 3.8) is 0 Å². The molecule has 6 rings (SSSR count). The second kappa shape index (κ2) is 11.7. The highest BCUT2D eigenvalue weighted by Gasteiger charge is 2.43. The lowest BCUT2D eigenvalue weighted by atomic mass is 9.99. The molecule has 1 unspecified atom stereocenters. The minimum Gasteiger partial charge on any atom is -0.462 e. The summed E-state index contributed by atoms with van der Waals surface area (Å²) in [6, 6.07) is 4.05. The summed E-state index contributed by atoms with van der Waals surface area (Å²) in [5, 5.41) is 10.2. The van der Waals surface area contributed by atoms with Gasteiger partial charge >= 0.3 is 6.01 Å². The molecule has 3 aliphatic rings. The molecule has 1 aromatic carbocycles. The zero-order valence-corrected chi connectivity index (χ0v) is 24.9. The lowest BCUT2D eigenvalue weighted by Gasteiger charge is -2.38. The van der Waals surface area contributed by atoms with Crippen LogP contribution in [0.15, 0.2) is 30.5 Å². The van der Waals surface area contributed by atoms with Crippen LogP contribution in [0.3, 0.4) is 0 Å². The molecule has 12 heteroatoms. The lowest BCUT2D eigenvalue weighted by molar-refractivity contribution is -0.126. The Kier molecular flexibility index (Phi) is 7.99. The number of hydrogen-bond donors (Lipinski definition) is 2. The number of amides is 1. The number of halogens is 2. The number of likely N-dealkylation sites (tertiary alicyclic amines) is 1. The van der Waals surface area contributed by atoms with E-state index in [9.17, 15) is 13.6 Å². The topological polar surface area (TPSA) is 101 Å². The van der Waals surface area contributed by atoms with Gasteiger partial charge in [0.15, 0.2) is 0 Å². The normalized spacial score (nSPS) is 20.8. The Morgan fingerprint density at radius 1 is 1.19 bits per heavy atom. The number of hydrogen-bond acceptors (Lipinski definition) is 8. The number of carbonyl (C=O) groups is 1. The van der Waals surface area contributed by atoms with Gasteiger partial charge in [-0.1, -0.05) is 6.08 Å². The van der Waals surface area contributed by atoms with Crippen molar-refractivity contribution in [3.8, 4) is 6.01 Å². The van der Waals surface area contributed by atoms with E-state index >= 15 is 0 Å². The zero-order chi connectivity index (χ0) is 30.3. The van der Waals surface area contributed by atoms with E-state index in [2.05, 4.69) is 40.8 Å². The average Bonchev–Trinajstić information content (AvgIpc) is 3.56. The number of carbonyl (C=O) groups excluding carboxylic acids is 1. The van der Waals surface area contributed by atoms with Crippen molar-refractivity contribution in [1.82, 2.24) is 24.8 Å². The molecule has 0 spiro atoms. The summed E-state index contributed by atoms with van der Waals surface area (Å²) in [5.74, 6) is -2.07. The van der Waals surface area contributed by atoms with Crippen LogP contribution in [0.25, 0.3) is 10.9 Å². The molecule has 2 N–H and O–H groups in total. The Balaban J connectivity index is 1.29. The first kappa shape index (κ1) is 29.3. The number of piperazine rings is 1. The number of benzene rings is 1. The molecular weight excluding hydrogens is 556 g/mol. The standard InChI is InChI=1S/C31H39F2N7O3/c1-20-15-25-23(6-8-34-25)28(21(20)2)40-9-7-24-26(17-40)35-30(43-18-22-16-31(32,33)19-37(22)3)36-29(24)39-12-10-38(11-13-39)27(42)5-4-14-41/h4-6,8,15,22,34,41H,7,9-14,16-19H2,1-3H3/b5-4+. The highest BCUT2D eigenvalue weighted by molar-refractivity contribution is 5.95. The minimum absolute atomic E-state index is 0.0778. The lowest BCUT2D eigenvalue weighted by Crippen LogP contribution is -2.49. The Hall–Kier alpha value is -3.77. The maximum Gasteiger partial charge on any atom is 0.318 e. The van der Waals surface area contributed by atoms with Crippen LogP contribution in [-0.2, 0) is 17.8 Å². The van der Waals surface area contributed by atoms with Gasteiger partial charge in [-0.05, 0) is 50.6 Å². The van der Waals surface area contributed by atoms with Gasteiger partial charge in [0.05, 0.1) is 25.4 Å². The molecule has 0 saturated carbocycles. The predicted octanol–water partition coefficient (Wildman–Crippen LogP) is 3.05. The monoisotopic (exact) mass is 595 g/mol. The molecule has 43 heavy (non-hydrogen) atoms. The second-order valence-electron chi connectivity index (χ2n) is 11.9. The number of aryl methyl sites for hydroxylation is 1. The van der Waals surface area contributed by atoms with Crippen LogP contribution in [0.4, 0.5) is 20.3 Å². The van der Waals surface area contributed by atoms with Crippen LogP contribution in [0.2, 0.25) is 0 Å². The van der Waals surface area contributed by atoms with Gasteiger partial charge in [-0.25, -0.2) is 8.78 Å². The predicted molar refractivity (Wildman–Crippen MR) is 161 cm³/mol. The summed E-state index contributed by atoms with van der Waals surface area (Å²) in [4.78, 5) is 33.4. The van der Waals surface area contributed by atoms with Crippen molar-refractivity contribution in [1.29, 1.82) is 0 Å². The molecule has 2 aromatic heterocycles. The number of aliphatic hydroxyl groups excluding tert-OH is 1. The first-order chi connectivity index (χ1) is 20.6. The van der Waals surface area contributed by atoms with E-state index in [1.54, 1.807) is 16.8 Å². The number of alkyl halides is 2. The summed E-state index contributed by atoms with van der Waals surface area (Å²) >= 11 is 0. The Bertz CT molecular complexity index is 1530. The number of fused-ring (bicyclic) bond motifs is 2. The number of H-pyrrole nitrogens is 1. The van der Waals surface area contributed by atoms with Crippen molar-refractivity contribution < 1.29 is 23.4 Å². The number of likely N-dealkylation sites (N-methyl/N-ethyl adjacent to an activating group) is 1. The van der Waals surface area contributed by atoms with Crippen LogP contribution < -0.4 is 14.5 Å². The minimum atomic E-state index is -2.73. The molecule has 0 bridgehead atoms. The molecule has 2 saturated heterocycles. The van der Waals surface area contributed by atoms with Crippen molar-refractivity contribution in [3.05, 3.63) is 52.9 Å². The summed E-state index contributed by atoms with van der Waals surface area (Å²) in [6.45, 7) is 7.46. The largest absolute Gasteiger partial charge is 0.462 e. The summed E-state index contributed by atoms with van der Waals surface area (Å²) in [5.41, 5.74) is 6.64. The van der Waals surface area contributed by atoms with Crippen molar-refractivity contribution in [2.75, 3.05) is 69.3 Å². The van der Waals surface area contributed by atoms with E-state index in [0.717, 1.165) is 35.6 Å². The maximum atomic E-state index is 14.0. The van der Waals surface area contributed by atoms with Gasteiger partial charge in [-0.3, -0.25) is 9.69 Å². The van der Waals surface area contributed by atoms with Gasteiger partial charge < -0.3 is 29.5 Å². The number of nitrogens with zero attached hydrogens (tertiary/aromatic N) is 6. The summed E-state index contributed by atoms with van der Waals surface area (Å²) in [6.07, 6.45) is 5.29. The van der Waals surface area contributed by atoms with Crippen LogP contribution in [-0.4, -0.2) is 107 Å². The van der Waals surface area contributed by atoms with Crippen LogP contribution in [0, 0.1) is 13.8 Å². The molecular formula is C31H39F2N7O3. The first-order valence-corrected chi connectivity index (χ1v) is 14.9. The number of anilines is 2. The quantitative estimate of drug-likeness (QED) is 0.402. The fraction of sp³-hybridized carbons (Fsp3) is 0.516. The van der Waals surface area contributed by atoms with E-state index in [-0.39, 0.29) is 38.1 Å². The average molecular weight is 596 g/mol. The van der Waals surface area contributed by atoms with Crippen molar-refractivity contribution >= 4 is 28.3 Å². The zero-order valence-electron chi connectivity index (χ0n) is 24.9. The van der Waals surface area contributed by atoms with Crippen LogP contribution in [0.1, 0.15) is 28.8 Å². The molecule has 3 aliphatic heterocycles. The molecule has 0 radical (unpaired) electrons. The molecule has 1 amide bonds. The van der Waals surface area contributed by atoms with Gasteiger partial charge in [0.1, 0.15) is 12.4 Å². The van der Waals surface area contributed by atoms with Gasteiger partial charge in [0.25, 0.3) is 5.92 Å². The molecule has 5 heterocycles. The number of nitrogens with one attached hydrogen (secondary N) is 1. The highest BCUT2D eigenvalue weighted by atomic mass is 19.3. The molecule has 3 aromatic rings. The van der Waals surface area contributed by atoms with Crippen molar-refractivity contribution in [2.45, 2.75) is 45.2 Å². The second-order valence-corrected chi connectivity index (χ2v) is 11.9. The fourth-order valence-electron chi connectivity index (χ4n) is 6.55. The Morgan fingerprint density at radius 2 is 1.98 bits per heavy atom. The smallest absolute Gasteiger partial charge is 0.318 e. The fourth-order valence-corrected chi connectivity index (χ4v) is 6.55.